The highest BCUT2D eigenvalue weighted by molar-refractivity contribution is 8.01. The molecule has 1 fully saturated rings. The van der Waals surface area contributed by atoms with Crippen LogP contribution in [0.15, 0.2) is 9.72 Å². The zero-order valence-electron chi connectivity index (χ0n) is 10.6. The van der Waals surface area contributed by atoms with Crippen molar-refractivity contribution in [1.29, 1.82) is 0 Å². The third kappa shape index (κ3) is 3.05. The quantitative estimate of drug-likeness (QED) is 0.864. The summed E-state index contributed by atoms with van der Waals surface area (Å²) in [6, 6.07) is 0. The molecular weight excluding hydrogens is 268 g/mol. The molecule has 2 rings (SSSR count). The van der Waals surface area contributed by atoms with E-state index in [0.29, 0.717) is 18.1 Å². The number of nitrogens with two attached hydrogens (primary N) is 1. The summed E-state index contributed by atoms with van der Waals surface area (Å²) < 4.78 is 5.87. The number of esters is 1. The molecule has 100 valence electrons. The van der Waals surface area contributed by atoms with Crippen LogP contribution in [0.5, 0.6) is 0 Å². The average molecular weight is 286 g/mol. The molecule has 1 aromatic rings. The number of aryl methyl sites for hydroxylation is 1. The Morgan fingerprint density at radius 1 is 1.72 bits per heavy atom. The summed E-state index contributed by atoms with van der Waals surface area (Å²) in [5.41, 5.74) is 6.40. The molecule has 0 bridgehead atoms. The summed E-state index contributed by atoms with van der Waals surface area (Å²) in [6.45, 7) is 1.99. The fourth-order valence-electron chi connectivity index (χ4n) is 2.27. The maximum absolute atomic E-state index is 11.7. The lowest BCUT2D eigenvalue weighted by atomic mass is 9.82. The van der Waals surface area contributed by atoms with Crippen LogP contribution in [-0.4, -0.2) is 28.9 Å². The fraction of sp³-hybridized carbons (Fsp3) is 0.667. The van der Waals surface area contributed by atoms with E-state index in [1.165, 1.54) is 7.11 Å². The minimum absolute atomic E-state index is 0.289. The molecule has 2 unspecified atom stereocenters. The molecule has 2 N–H and O–H groups in total. The third-order valence-electron chi connectivity index (χ3n) is 3.20. The lowest BCUT2D eigenvalue weighted by Crippen LogP contribution is -2.52. The number of carbonyl (C=O) groups is 1. The Kier molecular flexibility index (Phi) is 4.29. The lowest BCUT2D eigenvalue weighted by molar-refractivity contribution is -0.148. The van der Waals surface area contributed by atoms with E-state index in [4.69, 9.17) is 10.5 Å². The lowest BCUT2D eigenvalue weighted by Gasteiger charge is -2.34. The van der Waals surface area contributed by atoms with E-state index in [0.717, 1.165) is 22.9 Å². The van der Waals surface area contributed by atoms with E-state index in [1.54, 1.807) is 23.1 Å². The molecule has 2 atom stereocenters. The first-order valence-electron chi connectivity index (χ1n) is 5.99. The normalized spacial score (nSPS) is 28.1. The molecule has 1 aliphatic carbocycles. The second-order valence-corrected chi connectivity index (χ2v) is 7.14. The van der Waals surface area contributed by atoms with Crippen molar-refractivity contribution in [3.63, 3.8) is 0 Å². The first-order chi connectivity index (χ1) is 8.53. The highest BCUT2D eigenvalue weighted by atomic mass is 32.2. The number of thiazole rings is 1. The maximum Gasteiger partial charge on any atom is 0.325 e. The van der Waals surface area contributed by atoms with Crippen LogP contribution in [0, 0.1) is 6.92 Å². The molecule has 1 aliphatic rings. The number of hydrogen-bond donors (Lipinski definition) is 1. The van der Waals surface area contributed by atoms with Crippen LogP contribution in [0.25, 0.3) is 0 Å². The van der Waals surface area contributed by atoms with Gasteiger partial charge in [0.2, 0.25) is 0 Å². The van der Waals surface area contributed by atoms with E-state index in [-0.39, 0.29) is 5.97 Å². The van der Waals surface area contributed by atoms with Gasteiger partial charge >= 0.3 is 5.97 Å². The van der Waals surface area contributed by atoms with E-state index >= 15 is 0 Å². The molecule has 1 heterocycles. The summed E-state index contributed by atoms with van der Waals surface area (Å²) >= 11 is 3.39. The largest absolute Gasteiger partial charge is 0.468 e. The van der Waals surface area contributed by atoms with Gasteiger partial charge in [0, 0.05) is 16.3 Å². The van der Waals surface area contributed by atoms with Crippen LogP contribution in [0.3, 0.4) is 0 Å². The molecular formula is C12H18N2O2S2. The number of carbonyl (C=O) groups excluding carboxylic acids is 1. The summed E-state index contributed by atoms with van der Waals surface area (Å²) in [7, 11) is 1.40. The number of ether oxygens (including phenoxy) is 1. The van der Waals surface area contributed by atoms with Gasteiger partial charge in [-0.05, 0) is 32.6 Å². The van der Waals surface area contributed by atoms with Gasteiger partial charge in [0.25, 0.3) is 0 Å². The Morgan fingerprint density at radius 3 is 3.11 bits per heavy atom. The molecule has 18 heavy (non-hydrogen) atoms. The minimum Gasteiger partial charge on any atom is -0.468 e. The van der Waals surface area contributed by atoms with Crippen molar-refractivity contribution in [2.24, 2.45) is 5.73 Å². The van der Waals surface area contributed by atoms with Gasteiger partial charge in [-0.2, -0.15) is 0 Å². The third-order valence-corrected chi connectivity index (χ3v) is 5.56. The van der Waals surface area contributed by atoms with Crippen molar-refractivity contribution in [2.75, 3.05) is 7.11 Å². The highest BCUT2D eigenvalue weighted by Crippen LogP contribution is 2.38. The number of methoxy groups -OCH3 is 1. The Labute approximate surface area is 115 Å². The molecule has 6 heteroatoms. The van der Waals surface area contributed by atoms with Crippen LogP contribution in [0.4, 0.5) is 0 Å². The predicted octanol–water partition coefficient (Wildman–Crippen LogP) is 2.36. The van der Waals surface area contributed by atoms with Gasteiger partial charge in [0.15, 0.2) is 0 Å². The number of thioether (sulfide) groups is 1. The number of aromatic nitrogens is 1. The van der Waals surface area contributed by atoms with Gasteiger partial charge in [-0.1, -0.05) is 11.8 Å². The van der Waals surface area contributed by atoms with Crippen molar-refractivity contribution in [2.45, 2.75) is 47.7 Å². The molecule has 0 aliphatic heterocycles. The zero-order chi connectivity index (χ0) is 13.2. The number of rotatable bonds is 3. The van der Waals surface area contributed by atoms with Crippen LogP contribution in [0.1, 0.15) is 31.4 Å². The van der Waals surface area contributed by atoms with Crippen molar-refractivity contribution >= 4 is 29.1 Å². The summed E-state index contributed by atoms with van der Waals surface area (Å²) in [5.74, 6) is -0.289. The van der Waals surface area contributed by atoms with Crippen molar-refractivity contribution in [1.82, 2.24) is 4.98 Å². The number of hydrogen-bond acceptors (Lipinski definition) is 6. The maximum atomic E-state index is 11.7. The summed E-state index contributed by atoms with van der Waals surface area (Å²) in [5, 5.41) is 2.40. The van der Waals surface area contributed by atoms with E-state index in [9.17, 15) is 4.79 Å². The van der Waals surface area contributed by atoms with Crippen molar-refractivity contribution in [3.05, 3.63) is 11.1 Å². The van der Waals surface area contributed by atoms with Gasteiger partial charge < -0.3 is 10.5 Å². The molecule has 0 saturated heterocycles. The van der Waals surface area contributed by atoms with Gasteiger partial charge in [-0.25, -0.2) is 4.98 Å². The Bertz CT molecular complexity index is 435. The molecule has 0 aromatic carbocycles. The smallest absolute Gasteiger partial charge is 0.325 e. The molecule has 0 amide bonds. The fourth-order valence-corrected chi connectivity index (χ4v) is 4.72. The first-order valence-corrected chi connectivity index (χ1v) is 7.75. The van der Waals surface area contributed by atoms with Gasteiger partial charge in [0.05, 0.1) is 7.11 Å². The van der Waals surface area contributed by atoms with Crippen molar-refractivity contribution < 1.29 is 9.53 Å². The van der Waals surface area contributed by atoms with Crippen LogP contribution < -0.4 is 5.73 Å². The highest BCUT2D eigenvalue weighted by Gasteiger charge is 2.40. The Hall–Kier alpha value is -0.590. The predicted molar refractivity (Wildman–Crippen MR) is 73.9 cm³/mol. The van der Waals surface area contributed by atoms with E-state index in [1.807, 2.05) is 12.3 Å². The minimum atomic E-state index is -0.809. The molecule has 0 spiro atoms. The monoisotopic (exact) mass is 286 g/mol. The molecule has 0 radical (unpaired) electrons. The van der Waals surface area contributed by atoms with Crippen LogP contribution in [-0.2, 0) is 9.53 Å². The molecule has 1 saturated carbocycles. The van der Waals surface area contributed by atoms with E-state index in [2.05, 4.69) is 4.98 Å². The van der Waals surface area contributed by atoms with Crippen LogP contribution >= 0.6 is 23.1 Å². The first kappa shape index (κ1) is 13.8. The summed E-state index contributed by atoms with van der Waals surface area (Å²) in [4.78, 5) is 16.2. The zero-order valence-corrected chi connectivity index (χ0v) is 12.3. The SMILES string of the molecule is COC(=O)C1(N)CCCC(Sc2nc(C)cs2)C1. The molecule has 4 nitrogen and oxygen atoms in total. The van der Waals surface area contributed by atoms with Crippen LogP contribution in [0.2, 0.25) is 0 Å². The topological polar surface area (TPSA) is 65.2 Å². The van der Waals surface area contributed by atoms with Gasteiger partial charge in [-0.15, -0.1) is 11.3 Å². The van der Waals surface area contributed by atoms with E-state index < -0.39 is 5.54 Å². The standard InChI is InChI=1S/C12H18N2O2S2/c1-8-7-17-11(14-8)18-9-4-3-5-12(13,6-9)10(15)16-2/h7,9H,3-6,13H2,1-2H3. The van der Waals surface area contributed by atoms with Gasteiger partial charge in [-0.3, -0.25) is 4.79 Å². The Balaban J connectivity index is 2.00. The second-order valence-electron chi connectivity index (χ2n) is 4.74. The molecule has 1 aromatic heterocycles. The second kappa shape index (κ2) is 5.59. The van der Waals surface area contributed by atoms with Crippen molar-refractivity contribution in [3.8, 4) is 0 Å². The van der Waals surface area contributed by atoms with Gasteiger partial charge in [0.1, 0.15) is 9.88 Å². The average Bonchev–Trinajstić information content (AvgIpc) is 2.73. The summed E-state index contributed by atoms with van der Waals surface area (Å²) in [6.07, 6.45) is 3.43. The Morgan fingerprint density at radius 2 is 2.50 bits per heavy atom. The number of nitrogens with zero attached hydrogens (tertiary/aromatic N) is 1.